The van der Waals surface area contributed by atoms with E-state index in [0.717, 1.165) is 23.1 Å². The van der Waals surface area contributed by atoms with Crippen LogP contribution in [0.3, 0.4) is 0 Å². The van der Waals surface area contributed by atoms with E-state index in [-0.39, 0.29) is 43.1 Å². The largest absolute Gasteiger partial charge is 0.508 e. The van der Waals surface area contributed by atoms with Crippen LogP contribution in [-0.4, -0.2) is 62.4 Å². The number of allylic oxidation sites excluding steroid dienone is 2. The highest BCUT2D eigenvalue weighted by atomic mass is 16.4. The van der Waals surface area contributed by atoms with E-state index in [2.05, 4.69) is 13.0 Å². The van der Waals surface area contributed by atoms with Gasteiger partial charge in [0.15, 0.2) is 0 Å². The molecule has 1 aliphatic carbocycles. The first-order valence-corrected chi connectivity index (χ1v) is 14.2. The number of nitrogens with zero attached hydrogens (tertiary/aromatic N) is 1. The molecule has 1 heterocycles. The van der Waals surface area contributed by atoms with Crippen LogP contribution in [0.15, 0.2) is 41.0 Å². The molecule has 214 valence electrons. The Hall–Kier alpha value is -2.97. The Bertz CT molecular complexity index is 1090. The summed E-state index contributed by atoms with van der Waals surface area (Å²) in [5, 5.41) is 40.3. The van der Waals surface area contributed by atoms with Gasteiger partial charge in [-0.1, -0.05) is 56.5 Å². The Morgan fingerprint density at radius 3 is 2.36 bits per heavy atom. The highest BCUT2D eigenvalue weighted by molar-refractivity contribution is 6.05. The number of fused-ring (bicyclic) bond motifs is 1. The molecule has 1 aromatic rings. The van der Waals surface area contributed by atoms with Crippen LogP contribution in [0, 0.1) is 23.7 Å². The molecule has 4 N–H and O–H groups in total. The number of carbonyl (C=O) groups excluding carboxylic acids is 2. The molecule has 39 heavy (non-hydrogen) atoms. The number of imide groups is 1. The maximum Gasteiger partial charge on any atom is 0.303 e. The summed E-state index contributed by atoms with van der Waals surface area (Å²) in [5.41, 5.74) is 3.76. The number of phenolic OH excluding ortho intramolecular Hbond substituents is 1. The lowest BCUT2D eigenvalue weighted by Gasteiger charge is -2.38. The molecule has 1 aromatic carbocycles. The number of aromatic hydroxyl groups is 1. The number of benzene rings is 1. The van der Waals surface area contributed by atoms with Gasteiger partial charge in [0.2, 0.25) is 11.8 Å². The maximum atomic E-state index is 13.4. The van der Waals surface area contributed by atoms with Gasteiger partial charge < -0.3 is 20.4 Å². The second-order valence-electron chi connectivity index (χ2n) is 11.1. The summed E-state index contributed by atoms with van der Waals surface area (Å²) < 4.78 is 0. The van der Waals surface area contributed by atoms with Crippen molar-refractivity contribution in [1.82, 2.24) is 4.90 Å². The van der Waals surface area contributed by atoms with Crippen molar-refractivity contribution in [3.8, 4) is 5.75 Å². The molecular weight excluding hydrogens is 498 g/mol. The number of rotatable bonds is 14. The summed E-state index contributed by atoms with van der Waals surface area (Å²) in [5.74, 6) is -2.97. The van der Waals surface area contributed by atoms with E-state index in [0.29, 0.717) is 44.1 Å². The Morgan fingerprint density at radius 2 is 1.77 bits per heavy atom. The lowest BCUT2D eigenvalue weighted by atomic mass is 9.66. The standard InChI is InChI=1S/C31H43NO7/c1-4-20(16-21-9-12-22(34)13-10-21)11-14-26(35)28-23(19(2)3)17-24-29(25(28)18-33)31(39)32(30(24)38)15-7-5-6-8-27(36)37/h9-10,12-13,16,19,24-26,29,33-35H,4-8,11,14-15,17-18H2,1-3H3,(H,36,37)/b20-16+/t24-,25+,26-,29-/m1/s1. The molecule has 0 saturated carbocycles. The van der Waals surface area contributed by atoms with E-state index in [1.807, 2.05) is 26.0 Å². The number of carboxylic acid groups (broad SMARTS) is 1. The van der Waals surface area contributed by atoms with Gasteiger partial charge in [0.25, 0.3) is 0 Å². The van der Waals surface area contributed by atoms with E-state index in [9.17, 15) is 29.7 Å². The Kier molecular flexibility index (Phi) is 10.9. The molecule has 1 aliphatic heterocycles. The smallest absolute Gasteiger partial charge is 0.303 e. The van der Waals surface area contributed by atoms with E-state index in [1.165, 1.54) is 4.90 Å². The summed E-state index contributed by atoms with van der Waals surface area (Å²) in [6.45, 7) is 6.01. The molecule has 0 bridgehead atoms. The number of carboxylic acids is 1. The number of carbonyl (C=O) groups is 3. The van der Waals surface area contributed by atoms with Crippen molar-refractivity contribution in [2.75, 3.05) is 13.2 Å². The van der Waals surface area contributed by atoms with E-state index in [1.54, 1.807) is 12.1 Å². The maximum absolute atomic E-state index is 13.4. The third-order valence-corrected chi connectivity index (χ3v) is 8.19. The number of likely N-dealkylation sites (tertiary alicyclic amines) is 1. The SMILES string of the molecule is CC/C(=C\c1ccc(O)cc1)CC[C@@H](O)C1=C(C(C)C)C[C@H]2C(=O)N(CCCCCC(=O)O)C(=O)[C@H]2[C@H]1CO. The first-order valence-electron chi connectivity index (χ1n) is 14.2. The monoisotopic (exact) mass is 541 g/mol. The fourth-order valence-corrected chi connectivity index (χ4v) is 6.09. The molecule has 1 fully saturated rings. The fourth-order valence-electron chi connectivity index (χ4n) is 6.09. The minimum atomic E-state index is -0.861. The summed E-state index contributed by atoms with van der Waals surface area (Å²) in [4.78, 5) is 38.8. The number of aliphatic carboxylic acids is 1. The van der Waals surface area contributed by atoms with Crippen LogP contribution in [0.1, 0.15) is 77.7 Å². The third kappa shape index (κ3) is 7.37. The van der Waals surface area contributed by atoms with Gasteiger partial charge in [0.05, 0.1) is 24.5 Å². The molecule has 8 heteroatoms. The van der Waals surface area contributed by atoms with Crippen molar-refractivity contribution in [2.24, 2.45) is 23.7 Å². The topological polar surface area (TPSA) is 135 Å². The fraction of sp³-hybridized carbons (Fsp3) is 0.581. The Balaban J connectivity index is 1.76. The van der Waals surface area contributed by atoms with E-state index < -0.39 is 29.8 Å². The molecular formula is C31H43NO7. The average molecular weight is 542 g/mol. The van der Waals surface area contributed by atoms with Gasteiger partial charge in [0.1, 0.15) is 5.75 Å². The number of hydrogen-bond acceptors (Lipinski definition) is 6. The molecule has 4 atom stereocenters. The zero-order valence-corrected chi connectivity index (χ0v) is 23.3. The summed E-state index contributed by atoms with van der Waals surface area (Å²) in [7, 11) is 0. The second kappa shape index (κ2) is 13.9. The van der Waals surface area contributed by atoms with Gasteiger partial charge in [-0.3, -0.25) is 19.3 Å². The first kappa shape index (κ1) is 30.6. The van der Waals surface area contributed by atoms with Gasteiger partial charge in [-0.2, -0.15) is 0 Å². The normalized spacial score (nSPS) is 22.6. The van der Waals surface area contributed by atoms with Crippen molar-refractivity contribution < 1.29 is 34.8 Å². The minimum Gasteiger partial charge on any atom is -0.508 e. The van der Waals surface area contributed by atoms with E-state index in [4.69, 9.17) is 5.11 Å². The number of amides is 2. The lowest BCUT2D eigenvalue weighted by Crippen LogP contribution is -2.40. The molecule has 2 amide bonds. The van der Waals surface area contributed by atoms with Crippen molar-refractivity contribution >= 4 is 23.9 Å². The van der Waals surface area contributed by atoms with Crippen molar-refractivity contribution in [2.45, 2.75) is 78.2 Å². The third-order valence-electron chi connectivity index (χ3n) is 8.19. The number of aliphatic hydroxyl groups is 2. The number of hydrogen-bond donors (Lipinski definition) is 4. The van der Waals surface area contributed by atoms with Gasteiger partial charge in [-0.15, -0.1) is 0 Å². The van der Waals surface area contributed by atoms with Crippen molar-refractivity contribution in [3.63, 3.8) is 0 Å². The quantitative estimate of drug-likeness (QED) is 0.154. The van der Waals surface area contributed by atoms with E-state index >= 15 is 0 Å². The molecule has 0 spiro atoms. The van der Waals surface area contributed by atoms with Gasteiger partial charge in [0, 0.05) is 18.9 Å². The highest BCUT2D eigenvalue weighted by Crippen LogP contribution is 2.48. The predicted octanol–water partition coefficient (Wildman–Crippen LogP) is 4.54. The molecule has 2 aliphatic rings. The molecule has 3 rings (SSSR count). The molecule has 0 radical (unpaired) electrons. The van der Waals surface area contributed by atoms with Crippen LogP contribution in [0.5, 0.6) is 5.75 Å². The van der Waals surface area contributed by atoms with Gasteiger partial charge in [-0.25, -0.2) is 0 Å². The predicted molar refractivity (Wildman–Crippen MR) is 148 cm³/mol. The highest BCUT2D eigenvalue weighted by Gasteiger charge is 2.54. The molecule has 0 aromatic heterocycles. The summed E-state index contributed by atoms with van der Waals surface area (Å²) >= 11 is 0. The van der Waals surface area contributed by atoms with Gasteiger partial charge >= 0.3 is 5.97 Å². The summed E-state index contributed by atoms with van der Waals surface area (Å²) in [6, 6.07) is 6.95. The molecule has 0 unspecified atom stereocenters. The van der Waals surface area contributed by atoms with Gasteiger partial charge in [-0.05, 0) is 67.7 Å². The van der Waals surface area contributed by atoms with Crippen LogP contribution in [0.2, 0.25) is 0 Å². The average Bonchev–Trinajstić information content (AvgIpc) is 3.14. The second-order valence-corrected chi connectivity index (χ2v) is 11.1. The van der Waals surface area contributed by atoms with Crippen LogP contribution < -0.4 is 0 Å². The lowest BCUT2D eigenvalue weighted by molar-refractivity contribution is -0.141. The number of unbranched alkanes of at least 4 members (excludes halogenated alkanes) is 2. The number of phenols is 1. The van der Waals surface area contributed by atoms with Crippen LogP contribution in [-0.2, 0) is 14.4 Å². The van der Waals surface area contributed by atoms with Crippen LogP contribution in [0.4, 0.5) is 0 Å². The molecule has 1 saturated heterocycles. The zero-order valence-electron chi connectivity index (χ0n) is 23.3. The Labute approximate surface area is 231 Å². The summed E-state index contributed by atoms with van der Waals surface area (Å²) in [6.07, 6.45) is 5.19. The Morgan fingerprint density at radius 1 is 1.08 bits per heavy atom. The minimum absolute atomic E-state index is 0.0517. The first-order chi connectivity index (χ1) is 18.6. The zero-order chi connectivity index (χ0) is 28.7. The molecule has 8 nitrogen and oxygen atoms in total. The van der Waals surface area contributed by atoms with Crippen LogP contribution >= 0.6 is 0 Å². The van der Waals surface area contributed by atoms with Crippen LogP contribution in [0.25, 0.3) is 6.08 Å². The number of aliphatic hydroxyl groups excluding tert-OH is 2. The van der Waals surface area contributed by atoms with Crippen molar-refractivity contribution in [1.29, 1.82) is 0 Å². The van der Waals surface area contributed by atoms with Crippen molar-refractivity contribution in [3.05, 3.63) is 46.5 Å².